The van der Waals surface area contributed by atoms with Crippen molar-refractivity contribution in [2.24, 2.45) is 0 Å². The Hall–Kier alpha value is -3.22. The van der Waals surface area contributed by atoms with Gasteiger partial charge in [0.15, 0.2) is 17.3 Å². The highest BCUT2D eigenvalue weighted by Crippen LogP contribution is 2.47. The summed E-state index contributed by atoms with van der Waals surface area (Å²) < 4.78 is 21.0. The first-order chi connectivity index (χ1) is 12.4. The summed E-state index contributed by atoms with van der Waals surface area (Å²) in [6, 6.07) is 2.89. The highest BCUT2D eigenvalue weighted by atomic mass is 16.5. The number of ether oxygens (including phenoxy) is 4. The summed E-state index contributed by atoms with van der Waals surface area (Å²) in [6.07, 6.45) is 0. The van der Waals surface area contributed by atoms with Gasteiger partial charge >= 0.3 is 0 Å². The van der Waals surface area contributed by atoms with Gasteiger partial charge < -0.3 is 24.1 Å². The van der Waals surface area contributed by atoms with Crippen molar-refractivity contribution in [1.82, 2.24) is 0 Å². The van der Waals surface area contributed by atoms with Gasteiger partial charge in [0.2, 0.25) is 11.5 Å². The first kappa shape index (κ1) is 17.6. The lowest BCUT2D eigenvalue weighted by Crippen LogP contribution is -2.23. The molecule has 2 aromatic rings. The highest BCUT2D eigenvalue weighted by molar-refractivity contribution is 6.31. The molecule has 26 heavy (non-hydrogen) atoms. The molecule has 0 atom stereocenters. The Labute approximate surface area is 150 Å². The van der Waals surface area contributed by atoms with E-state index in [4.69, 9.17) is 18.9 Å². The average molecular weight is 358 g/mol. The molecule has 0 radical (unpaired) electrons. The number of carbonyl (C=O) groups is 2. The fourth-order valence-corrected chi connectivity index (χ4v) is 3.26. The van der Waals surface area contributed by atoms with Crippen molar-refractivity contribution in [2.75, 3.05) is 28.4 Å². The second kappa shape index (κ2) is 6.25. The number of ketones is 2. The predicted molar refractivity (Wildman–Crippen MR) is 92.4 cm³/mol. The van der Waals surface area contributed by atoms with Gasteiger partial charge in [-0.15, -0.1) is 0 Å². The summed E-state index contributed by atoms with van der Waals surface area (Å²) in [7, 11) is 5.59. The van der Waals surface area contributed by atoms with Crippen molar-refractivity contribution in [3.8, 4) is 28.7 Å². The Bertz CT molecular complexity index is 944. The topological polar surface area (TPSA) is 91.3 Å². The molecule has 0 spiro atoms. The molecule has 1 aliphatic rings. The number of benzene rings is 2. The maximum absolute atomic E-state index is 13.1. The molecule has 1 aliphatic carbocycles. The van der Waals surface area contributed by atoms with E-state index < -0.39 is 17.3 Å². The van der Waals surface area contributed by atoms with E-state index in [-0.39, 0.29) is 39.5 Å². The Balaban J connectivity index is 2.40. The Kier molecular flexibility index (Phi) is 4.23. The zero-order valence-electron chi connectivity index (χ0n) is 15.1. The van der Waals surface area contributed by atoms with Crippen LogP contribution in [0.25, 0.3) is 0 Å². The first-order valence-corrected chi connectivity index (χ1v) is 7.74. The van der Waals surface area contributed by atoms with Crippen LogP contribution in [-0.2, 0) is 0 Å². The van der Waals surface area contributed by atoms with Crippen molar-refractivity contribution in [3.05, 3.63) is 39.9 Å². The van der Waals surface area contributed by atoms with Gasteiger partial charge in [0, 0.05) is 16.7 Å². The standard InChI is InChI=1S/C19H18O7/c1-8-11(23-2)6-10-14(18(8)25-4)16(21)13-9(15(10)20)7-12(24-3)19(26-5)17(13)22/h6-7,22H,1-5H3. The Morgan fingerprint density at radius 3 is 1.81 bits per heavy atom. The number of aromatic hydroxyl groups is 1. The van der Waals surface area contributed by atoms with Crippen molar-refractivity contribution in [1.29, 1.82) is 0 Å². The molecule has 0 saturated heterocycles. The minimum Gasteiger partial charge on any atom is -0.504 e. The number of methoxy groups -OCH3 is 4. The lowest BCUT2D eigenvalue weighted by molar-refractivity contribution is 0.0972. The molecule has 0 heterocycles. The van der Waals surface area contributed by atoms with Crippen LogP contribution in [0.4, 0.5) is 0 Å². The minimum absolute atomic E-state index is 0.0138. The van der Waals surface area contributed by atoms with Crippen LogP contribution in [0, 0.1) is 6.92 Å². The molecule has 0 bridgehead atoms. The van der Waals surface area contributed by atoms with E-state index in [1.165, 1.54) is 40.6 Å². The SMILES string of the molecule is COc1cc2c(c(OC)c1C)C(=O)c1c(cc(OC)c(OC)c1O)C2=O. The quantitative estimate of drug-likeness (QED) is 0.766. The summed E-state index contributed by atoms with van der Waals surface area (Å²) in [6.45, 7) is 1.72. The average Bonchev–Trinajstić information content (AvgIpc) is 2.64. The van der Waals surface area contributed by atoms with E-state index in [0.29, 0.717) is 11.3 Å². The summed E-state index contributed by atoms with van der Waals surface area (Å²) in [5, 5.41) is 10.6. The molecule has 0 aliphatic heterocycles. The number of hydrogen-bond donors (Lipinski definition) is 1. The summed E-state index contributed by atoms with van der Waals surface area (Å²) in [5.41, 5.74) is 0.714. The summed E-state index contributed by atoms with van der Waals surface area (Å²) in [5.74, 6) is -0.619. The number of rotatable bonds is 4. The van der Waals surface area contributed by atoms with Crippen molar-refractivity contribution < 1.29 is 33.6 Å². The monoisotopic (exact) mass is 358 g/mol. The van der Waals surface area contributed by atoms with Crippen LogP contribution >= 0.6 is 0 Å². The van der Waals surface area contributed by atoms with E-state index in [0.717, 1.165) is 0 Å². The third-order valence-corrected chi connectivity index (χ3v) is 4.49. The van der Waals surface area contributed by atoms with Crippen molar-refractivity contribution >= 4 is 11.6 Å². The fraction of sp³-hybridized carbons (Fsp3) is 0.263. The van der Waals surface area contributed by atoms with Crippen molar-refractivity contribution in [2.45, 2.75) is 6.92 Å². The van der Waals surface area contributed by atoms with Crippen molar-refractivity contribution in [3.63, 3.8) is 0 Å². The van der Waals surface area contributed by atoms with E-state index in [9.17, 15) is 14.7 Å². The van der Waals surface area contributed by atoms with Crippen LogP contribution in [-0.4, -0.2) is 45.1 Å². The first-order valence-electron chi connectivity index (χ1n) is 7.74. The molecular weight excluding hydrogens is 340 g/mol. The maximum Gasteiger partial charge on any atom is 0.203 e. The number of hydrogen-bond acceptors (Lipinski definition) is 7. The third-order valence-electron chi connectivity index (χ3n) is 4.49. The predicted octanol–water partition coefficient (Wildman–Crippen LogP) is 2.51. The van der Waals surface area contributed by atoms with Crippen LogP contribution < -0.4 is 18.9 Å². The molecule has 0 amide bonds. The normalized spacial score (nSPS) is 12.3. The van der Waals surface area contributed by atoms with Crippen LogP contribution in [0.3, 0.4) is 0 Å². The minimum atomic E-state index is -0.532. The molecular formula is C19H18O7. The van der Waals surface area contributed by atoms with Gasteiger partial charge in [-0.3, -0.25) is 9.59 Å². The van der Waals surface area contributed by atoms with Gasteiger partial charge in [-0.2, -0.15) is 0 Å². The molecule has 1 N–H and O–H groups in total. The molecule has 0 aromatic heterocycles. The van der Waals surface area contributed by atoms with Crippen LogP contribution in [0.15, 0.2) is 12.1 Å². The highest BCUT2D eigenvalue weighted by Gasteiger charge is 2.38. The Morgan fingerprint density at radius 1 is 0.731 bits per heavy atom. The van der Waals surface area contributed by atoms with Gasteiger partial charge in [-0.25, -0.2) is 0 Å². The van der Waals surface area contributed by atoms with Gasteiger partial charge in [0.05, 0.1) is 39.6 Å². The second-order valence-corrected chi connectivity index (χ2v) is 5.70. The number of fused-ring (bicyclic) bond motifs is 2. The molecule has 3 rings (SSSR count). The molecule has 7 heteroatoms. The van der Waals surface area contributed by atoms with E-state index >= 15 is 0 Å². The molecule has 0 fully saturated rings. The zero-order chi connectivity index (χ0) is 19.2. The third kappa shape index (κ3) is 2.20. The summed E-state index contributed by atoms with van der Waals surface area (Å²) >= 11 is 0. The van der Waals surface area contributed by atoms with Gasteiger partial charge in [0.25, 0.3) is 0 Å². The molecule has 0 saturated carbocycles. The lowest BCUT2D eigenvalue weighted by atomic mass is 9.81. The molecule has 136 valence electrons. The molecule has 2 aromatic carbocycles. The number of carbonyl (C=O) groups excluding carboxylic acids is 2. The van der Waals surface area contributed by atoms with Crippen LogP contribution in [0.5, 0.6) is 28.7 Å². The van der Waals surface area contributed by atoms with Gasteiger partial charge in [-0.1, -0.05) is 0 Å². The second-order valence-electron chi connectivity index (χ2n) is 5.70. The molecule has 7 nitrogen and oxygen atoms in total. The Morgan fingerprint density at radius 2 is 1.27 bits per heavy atom. The zero-order valence-corrected chi connectivity index (χ0v) is 15.1. The van der Waals surface area contributed by atoms with E-state index in [2.05, 4.69) is 0 Å². The van der Waals surface area contributed by atoms with E-state index in [1.807, 2.05) is 0 Å². The molecule has 0 unspecified atom stereocenters. The van der Waals surface area contributed by atoms with Gasteiger partial charge in [0.1, 0.15) is 11.5 Å². The fourth-order valence-electron chi connectivity index (χ4n) is 3.26. The maximum atomic E-state index is 13.1. The van der Waals surface area contributed by atoms with Crippen LogP contribution in [0.1, 0.15) is 37.4 Å². The van der Waals surface area contributed by atoms with E-state index in [1.54, 1.807) is 6.92 Å². The number of phenols is 1. The lowest BCUT2D eigenvalue weighted by Gasteiger charge is -2.24. The number of phenolic OH excluding ortho intramolecular Hbond substituents is 1. The van der Waals surface area contributed by atoms with Crippen LogP contribution in [0.2, 0.25) is 0 Å². The van der Waals surface area contributed by atoms with Gasteiger partial charge in [-0.05, 0) is 19.1 Å². The summed E-state index contributed by atoms with van der Waals surface area (Å²) in [4.78, 5) is 26.2. The largest absolute Gasteiger partial charge is 0.504 e. The smallest absolute Gasteiger partial charge is 0.203 e.